The summed E-state index contributed by atoms with van der Waals surface area (Å²) in [6.45, 7) is 0. The lowest BCUT2D eigenvalue weighted by atomic mass is 10.1. The van der Waals surface area contributed by atoms with Gasteiger partial charge >= 0.3 is 6.18 Å². The number of nitrogens with zero attached hydrogens (tertiary/aromatic N) is 3. The smallest absolute Gasteiger partial charge is 0.416 e. The first-order chi connectivity index (χ1) is 16.4. The highest BCUT2D eigenvalue weighted by Gasteiger charge is 2.30. The van der Waals surface area contributed by atoms with Crippen molar-refractivity contribution in [3.05, 3.63) is 95.5 Å². The number of carbonyl (C=O) groups excluding carboxylic acids is 1. The van der Waals surface area contributed by atoms with Gasteiger partial charge in [0.05, 0.1) is 5.56 Å². The lowest BCUT2D eigenvalue weighted by Gasteiger charge is -2.08. The molecule has 6 nitrogen and oxygen atoms in total. The maximum Gasteiger partial charge on any atom is 0.416 e. The molecule has 4 rings (SSSR count). The molecule has 2 aromatic heterocycles. The summed E-state index contributed by atoms with van der Waals surface area (Å²) >= 11 is 0. The number of amides is 1. The van der Waals surface area contributed by atoms with Crippen LogP contribution in [0, 0.1) is 0 Å². The monoisotopic (exact) mass is 466 g/mol. The highest BCUT2D eigenvalue weighted by atomic mass is 19.4. The minimum absolute atomic E-state index is 0.166. The third-order valence-corrected chi connectivity index (χ3v) is 5.11. The van der Waals surface area contributed by atoms with Crippen molar-refractivity contribution < 1.29 is 22.4 Å². The van der Waals surface area contributed by atoms with Gasteiger partial charge in [-0.2, -0.15) is 13.2 Å². The first-order valence-corrected chi connectivity index (χ1v) is 10.7. The van der Waals surface area contributed by atoms with Crippen LogP contribution in [0.1, 0.15) is 29.0 Å². The molecule has 2 heterocycles. The van der Waals surface area contributed by atoms with Crippen LogP contribution >= 0.6 is 0 Å². The van der Waals surface area contributed by atoms with Gasteiger partial charge in [0.25, 0.3) is 0 Å². The molecule has 1 N–H and O–H groups in total. The molecule has 1 amide bonds. The van der Waals surface area contributed by atoms with Gasteiger partial charge in [0.2, 0.25) is 17.7 Å². The summed E-state index contributed by atoms with van der Waals surface area (Å²) in [7, 11) is 0. The zero-order valence-electron chi connectivity index (χ0n) is 18.0. The Bertz CT molecular complexity index is 1260. The van der Waals surface area contributed by atoms with E-state index in [-0.39, 0.29) is 11.8 Å². The van der Waals surface area contributed by atoms with Crippen LogP contribution in [-0.2, 0) is 30.2 Å². The average Bonchev–Trinajstić information content (AvgIpc) is 3.31. The summed E-state index contributed by atoms with van der Waals surface area (Å²) in [5, 5.41) is 10.8. The fourth-order valence-electron chi connectivity index (χ4n) is 3.37. The molecule has 0 fully saturated rings. The number of aromatic nitrogens is 3. The molecular formula is C25H21F3N4O2. The normalized spacial score (nSPS) is 11.4. The molecule has 0 aliphatic rings. The van der Waals surface area contributed by atoms with Crippen molar-refractivity contribution in [2.24, 2.45) is 0 Å². The number of rotatable bonds is 8. The molecule has 4 aromatic rings. The van der Waals surface area contributed by atoms with Crippen molar-refractivity contribution in [1.82, 2.24) is 15.2 Å². The second-order valence-corrected chi connectivity index (χ2v) is 7.66. The highest BCUT2D eigenvalue weighted by Crippen LogP contribution is 2.30. The highest BCUT2D eigenvalue weighted by molar-refractivity contribution is 5.90. The Labute approximate surface area is 193 Å². The third-order valence-electron chi connectivity index (χ3n) is 5.11. The molecule has 0 saturated heterocycles. The van der Waals surface area contributed by atoms with Crippen LogP contribution < -0.4 is 5.32 Å². The van der Waals surface area contributed by atoms with E-state index in [0.717, 1.165) is 17.7 Å². The second-order valence-electron chi connectivity index (χ2n) is 7.66. The summed E-state index contributed by atoms with van der Waals surface area (Å²) in [5.41, 5.74) is 1.49. The van der Waals surface area contributed by atoms with E-state index >= 15 is 0 Å². The number of alkyl halides is 3. The Morgan fingerprint density at radius 3 is 2.47 bits per heavy atom. The second kappa shape index (κ2) is 10.3. The molecule has 0 atom stereocenters. The van der Waals surface area contributed by atoms with Crippen LogP contribution in [0.5, 0.6) is 0 Å². The van der Waals surface area contributed by atoms with E-state index in [4.69, 9.17) is 4.42 Å². The van der Waals surface area contributed by atoms with E-state index in [0.29, 0.717) is 48.5 Å². The predicted octanol–water partition coefficient (Wildman–Crippen LogP) is 5.51. The quantitative estimate of drug-likeness (QED) is 0.371. The number of carbonyl (C=O) groups is 1. The van der Waals surface area contributed by atoms with Crippen molar-refractivity contribution in [3.8, 4) is 11.5 Å². The molecule has 0 aliphatic carbocycles. The van der Waals surface area contributed by atoms with Gasteiger partial charge < -0.3 is 9.73 Å². The molecule has 0 aliphatic heterocycles. The van der Waals surface area contributed by atoms with E-state index < -0.39 is 11.7 Å². The fourth-order valence-corrected chi connectivity index (χ4v) is 3.37. The Morgan fingerprint density at radius 2 is 1.68 bits per heavy atom. The largest absolute Gasteiger partial charge is 0.421 e. The average molecular weight is 466 g/mol. The van der Waals surface area contributed by atoms with Gasteiger partial charge in [0, 0.05) is 24.6 Å². The third kappa shape index (κ3) is 6.28. The van der Waals surface area contributed by atoms with Crippen LogP contribution in [0.25, 0.3) is 11.5 Å². The lowest BCUT2D eigenvalue weighted by molar-refractivity contribution is -0.137. The number of hydrogen-bond donors (Lipinski definition) is 1. The number of aryl methyl sites for hydroxylation is 3. The lowest BCUT2D eigenvalue weighted by Crippen LogP contribution is -2.13. The van der Waals surface area contributed by atoms with Crippen molar-refractivity contribution in [1.29, 1.82) is 0 Å². The Kier molecular flexibility index (Phi) is 7.01. The van der Waals surface area contributed by atoms with E-state index in [2.05, 4.69) is 20.5 Å². The standard InChI is InChI=1S/C25H21F3N4O2/c26-25(27,28)20-8-4-7-18(15-20)10-12-23-31-32-24(34-23)19-13-14-29-21(16-19)30-22(33)11-9-17-5-2-1-3-6-17/h1-8,13-16H,9-12H2,(H,29,30,33). The van der Waals surface area contributed by atoms with Crippen LogP contribution in [0.3, 0.4) is 0 Å². The molecule has 34 heavy (non-hydrogen) atoms. The molecule has 0 spiro atoms. The first kappa shape index (κ1) is 23.2. The van der Waals surface area contributed by atoms with Crippen LogP contribution in [0.4, 0.5) is 19.0 Å². The van der Waals surface area contributed by atoms with Crippen molar-refractivity contribution in [2.45, 2.75) is 31.9 Å². The number of anilines is 1. The molecule has 9 heteroatoms. The Morgan fingerprint density at radius 1 is 0.882 bits per heavy atom. The molecule has 0 radical (unpaired) electrons. The van der Waals surface area contributed by atoms with Crippen LogP contribution in [-0.4, -0.2) is 21.1 Å². The zero-order valence-corrected chi connectivity index (χ0v) is 18.0. The van der Waals surface area contributed by atoms with Crippen molar-refractivity contribution in [2.75, 3.05) is 5.32 Å². The Balaban J connectivity index is 1.35. The minimum atomic E-state index is -4.39. The molecule has 174 valence electrons. The zero-order chi connectivity index (χ0) is 24.0. The number of nitrogens with one attached hydrogen (secondary N) is 1. The predicted molar refractivity (Wildman–Crippen MR) is 120 cm³/mol. The van der Waals surface area contributed by atoms with Crippen LogP contribution in [0.15, 0.2) is 77.3 Å². The van der Waals surface area contributed by atoms with Gasteiger partial charge in [-0.05, 0) is 42.2 Å². The van der Waals surface area contributed by atoms with E-state index in [1.54, 1.807) is 18.2 Å². The first-order valence-electron chi connectivity index (χ1n) is 10.7. The van der Waals surface area contributed by atoms with E-state index in [1.807, 2.05) is 30.3 Å². The molecule has 0 saturated carbocycles. The van der Waals surface area contributed by atoms with E-state index in [1.165, 1.54) is 12.3 Å². The number of pyridine rings is 1. The SMILES string of the molecule is O=C(CCc1ccccc1)Nc1cc(-c2nnc(CCc3cccc(C(F)(F)F)c3)o2)ccn1. The van der Waals surface area contributed by atoms with Gasteiger partial charge in [-0.25, -0.2) is 4.98 Å². The molecule has 0 bridgehead atoms. The molecule has 0 unspecified atom stereocenters. The molecule has 2 aromatic carbocycles. The Hall–Kier alpha value is -4.01. The van der Waals surface area contributed by atoms with Gasteiger partial charge in [-0.15, -0.1) is 10.2 Å². The minimum Gasteiger partial charge on any atom is -0.421 e. The van der Waals surface area contributed by atoms with E-state index in [9.17, 15) is 18.0 Å². The van der Waals surface area contributed by atoms with Gasteiger partial charge in [-0.1, -0.05) is 48.5 Å². The van der Waals surface area contributed by atoms with Crippen LogP contribution in [0.2, 0.25) is 0 Å². The maximum absolute atomic E-state index is 12.9. The van der Waals surface area contributed by atoms with Crippen molar-refractivity contribution in [3.63, 3.8) is 0 Å². The summed E-state index contributed by atoms with van der Waals surface area (Å²) in [4.78, 5) is 16.4. The maximum atomic E-state index is 12.9. The summed E-state index contributed by atoms with van der Waals surface area (Å²) in [5.74, 6) is 0.735. The fraction of sp³-hybridized carbons (Fsp3) is 0.200. The number of hydrogen-bond acceptors (Lipinski definition) is 5. The summed E-state index contributed by atoms with van der Waals surface area (Å²) < 4.78 is 44.3. The van der Waals surface area contributed by atoms with Gasteiger partial charge in [0.1, 0.15) is 5.82 Å². The van der Waals surface area contributed by atoms with Gasteiger partial charge in [-0.3, -0.25) is 4.79 Å². The topological polar surface area (TPSA) is 80.9 Å². The molecular weight excluding hydrogens is 445 g/mol. The summed E-state index contributed by atoms with van der Waals surface area (Å²) in [6, 6.07) is 18.2. The summed E-state index contributed by atoms with van der Waals surface area (Å²) in [6.07, 6.45) is -1.31. The number of benzene rings is 2. The van der Waals surface area contributed by atoms with Gasteiger partial charge in [0.15, 0.2) is 0 Å². The van der Waals surface area contributed by atoms with Crippen molar-refractivity contribution >= 4 is 11.7 Å². The number of halogens is 3.